The zero-order valence-corrected chi connectivity index (χ0v) is 12.7. The Balaban J connectivity index is 1.71. The third-order valence-corrected chi connectivity index (χ3v) is 4.06. The second-order valence-corrected chi connectivity index (χ2v) is 5.62. The highest BCUT2D eigenvalue weighted by Crippen LogP contribution is 2.31. The van der Waals surface area contributed by atoms with Gasteiger partial charge in [-0.05, 0) is 43.0 Å². The van der Waals surface area contributed by atoms with Crippen molar-refractivity contribution in [1.29, 1.82) is 0 Å². The molecule has 1 amide bonds. The predicted molar refractivity (Wildman–Crippen MR) is 83.5 cm³/mol. The molecular weight excluding hydrogens is 298 g/mol. The summed E-state index contributed by atoms with van der Waals surface area (Å²) in [6.07, 6.45) is 5.29. The Kier molecular flexibility index (Phi) is 4.50. The zero-order valence-electron chi connectivity index (χ0n) is 12.7. The third-order valence-electron chi connectivity index (χ3n) is 4.06. The van der Waals surface area contributed by atoms with Crippen molar-refractivity contribution in [2.75, 3.05) is 19.8 Å². The van der Waals surface area contributed by atoms with Crippen molar-refractivity contribution in [3.05, 3.63) is 29.8 Å². The number of benzene rings is 1. The van der Waals surface area contributed by atoms with Crippen LogP contribution in [0.5, 0.6) is 11.5 Å². The van der Waals surface area contributed by atoms with Crippen molar-refractivity contribution in [2.45, 2.75) is 25.3 Å². The van der Waals surface area contributed by atoms with Crippen LogP contribution in [0.3, 0.4) is 0 Å². The minimum absolute atomic E-state index is 0.271. The minimum Gasteiger partial charge on any atom is -0.486 e. The molecule has 0 aliphatic carbocycles. The van der Waals surface area contributed by atoms with E-state index in [4.69, 9.17) is 9.47 Å². The van der Waals surface area contributed by atoms with Gasteiger partial charge >= 0.3 is 5.97 Å². The van der Waals surface area contributed by atoms with Crippen molar-refractivity contribution < 1.29 is 24.2 Å². The molecule has 1 saturated heterocycles. The van der Waals surface area contributed by atoms with Gasteiger partial charge in [0.05, 0.1) is 0 Å². The topological polar surface area (TPSA) is 76.1 Å². The molecule has 2 aliphatic heterocycles. The number of carbonyl (C=O) groups excluding carboxylic acids is 1. The van der Waals surface area contributed by atoms with Gasteiger partial charge in [0.15, 0.2) is 11.5 Å². The lowest BCUT2D eigenvalue weighted by Crippen LogP contribution is -2.47. The average molecular weight is 317 g/mol. The van der Waals surface area contributed by atoms with E-state index in [1.54, 1.807) is 12.1 Å². The van der Waals surface area contributed by atoms with Gasteiger partial charge in [-0.1, -0.05) is 6.07 Å². The number of piperidine rings is 1. The van der Waals surface area contributed by atoms with E-state index >= 15 is 0 Å². The van der Waals surface area contributed by atoms with E-state index in [1.165, 1.54) is 11.0 Å². The highest BCUT2D eigenvalue weighted by atomic mass is 16.6. The molecule has 6 nitrogen and oxygen atoms in total. The highest BCUT2D eigenvalue weighted by molar-refractivity contribution is 5.94. The number of carboxylic acids is 1. The van der Waals surface area contributed by atoms with Crippen LogP contribution in [0.1, 0.15) is 24.8 Å². The van der Waals surface area contributed by atoms with Crippen LogP contribution < -0.4 is 9.47 Å². The van der Waals surface area contributed by atoms with Crippen LogP contribution in [0.4, 0.5) is 0 Å². The molecule has 0 bridgehead atoms. The van der Waals surface area contributed by atoms with Crippen LogP contribution in [-0.4, -0.2) is 47.7 Å². The molecular formula is C17H19NO5. The van der Waals surface area contributed by atoms with Crippen LogP contribution in [0, 0.1) is 0 Å². The molecule has 3 rings (SSSR count). The molecule has 2 heterocycles. The van der Waals surface area contributed by atoms with Crippen LogP contribution >= 0.6 is 0 Å². The first-order chi connectivity index (χ1) is 11.1. The molecule has 23 heavy (non-hydrogen) atoms. The van der Waals surface area contributed by atoms with E-state index in [0.717, 1.165) is 18.4 Å². The molecule has 0 saturated carbocycles. The number of likely N-dealkylation sites (tertiary alicyclic amines) is 1. The Morgan fingerprint density at radius 3 is 2.74 bits per heavy atom. The second-order valence-electron chi connectivity index (χ2n) is 5.62. The van der Waals surface area contributed by atoms with Gasteiger partial charge < -0.3 is 19.5 Å². The Hall–Kier alpha value is -2.50. The van der Waals surface area contributed by atoms with Crippen LogP contribution in [0.2, 0.25) is 0 Å². The lowest BCUT2D eigenvalue weighted by molar-refractivity contribution is -0.150. The smallest absolute Gasteiger partial charge is 0.326 e. The SMILES string of the molecule is O=C(O)C1CCCCN1C(=O)/C=C/c1ccc2c(c1)OCCO2. The van der Waals surface area contributed by atoms with Gasteiger partial charge in [-0.2, -0.15) is 0 Å². The number of rotatable bonds is 3. The summed E-state index contributed by atoms with van der Waals surface area (Å²) in [6.45, 7) is 1.53. The van der Waals surface area contributed by atoms with E-state index in [1.807, 2.05) is 12.1 Å². The number of hydrogen-bond donors (Lipinski definition) is 1. The third kappa shape index (κ3) is 3.47. The van der Waals surface area contributed by atoms with Gasteiger partial charge in [-0.25, -0.2) is 4.79 Å². The molecule has 0 spiro atoms. The summed E-state index contributed by atoms with van der Waals surface area (Å²) >= 11 is 0. The molecule has 0 radical (unpaired) electrons. The van der Waals surface area contributed by atoms with Crippen LogP contribution in [0.25, 0.3) is 6.08 Å². The van der Waals surface area contributed by atoms with Gasteiger partial charge in [0.25, 0.3) is 0 Å². The van der Waals surface area contributed by atoms with E-state index in [-0.39, 0.29) is 5.91 Å². The molecule has 0 aromatic heterocycles. The lowest BCUT2D eigenvalue weighted by atomic mass is 10.0. The number of nitrogens with zero attached hydrogens (tertiary/aromatic N) is 1. The van der Waals surface area contributed by atoms with Crippen molar-refractivity contribution >= 4 is 18.0 Å². The number of aliphatic carboxylic acids is 1. The number of ether oxygens (including phenoxy) is 2. The van der Waals surface area contributed by atoms with Crippen molar-refractivity contribution in [3.8, 4) is 11.5 Å². The maximum absolute atomic E-state index is 12.3. The Labute approximate surface area is 134 Å². The first-order valence-corrected chi connectivity index (χ1v) is 7.76. The first kappa shape index (κ1) is 15.4. The minimum atomic E-state index is -0.939. The largest absolute Gasteiger partial charge is 0.486 e. The molecule has 2 aliphatic rings. The van der Waals surface area contributed by atoms with E-state index < -0.39 is 12.0 Å². The van der Waals surface area contributed by atoms with Crippen molar-refractivity contribution in [1.82, 2.24) is 4.90 Å². The molecule has 122 valence electrons. The number of carboxylic acid groups (broad SMARTS) is 1. The fourth-order valence-electron chi connectivity index (χ4n) is 2.88. The maximum atomic E-state index is 12.3. The average Bonchev–Trinajstić information content (AvgIpc) is 2.59. The van der Waals surface area contributed by atoms with E-state index in [9.17, 15) is 14.7 Å². The monoisotopic (exact) mass is 317 g/mol. The summed E-state index contributed by atoms with van der Waals surface area (Å²) in [7, 11) is 0. The van der Waals surface area contributed by atoms with Gasteiger partial charge in [0, 0.05) is 12.6 Å². The summed E-state index contributed by atoms with van der Waals surface area (Å²) in [4.78, 5) is 25.0. The fraction of sp³-hybridized carbons (Fsp3) is 0.412. The van der Waals surface area contributed by atoms with Gasteiger partial charge in [0.2, 0.25) is 5.91 Å². The second kappa shape index (κ2) is 6.73. The highest BCUT2D eigenvalue weighted by Gasteiger charge is 2.30. The van der Waals surface area contributed by atoms with E-state index in [0.29, 0.717) is 37.7 Å². The normalized spacial score (nSPS) is 20.5. The molecule has 1 N–H and O–H groups in total. The summed E-state index contributed by atoms with van der Waals surface area (Å²) in [5, 5.41) is 9.23. The molecule has 1 atom stereocenters. The fourth-order valence-corrected chi connectivity index (χ4v) is 2.88. The number of fused-ring (bicyclic) bond motifs is 1. The number of carbonyl (C=O) groups is 2. The summed E-state index contributed by atoms with van der Waals surface area (Å²) in [5.41, 5.74) is 0.812. The van der Waals surface area contributed by atoms with Crippen molar-refractivity contribution in [2.24, 2.45) is 0 Å². The van der Waals surface area contributed by atoms with Gasteiger partial charge in [-0.3, -0.25) is 4.79 Å². The summed E-state index contributed by atoms with van der Waals surface area (Å²) in [6, 6.07) is 4.73. The Morgan fingerprint density at radius 1 is 1.17 bits per heavy atom. The Morgan fingerprint density at radius 2 is 1.96 bits per heavy atom. The molecule has 1 aromatic rings. The molecule has 1 aromatic carbocycles. The van der Waals surface area contributed by atoms with Crippen molar-refractivity contribution in [3.63, 3.8) is 0 Å². The molecule has 6 heteroatoms. The van der Waals surface area contributed by atoms with Gasteiger partial charge in [0.1, 0.15) is 19.3 Å². The first-order valence-electron chi connectivity index (χ1n) is 7.76. The van der Waals surface area contributed by atoms with E-state index in [2.05, 4.69) is 0 Å². The zero-order chi connectivity index (χ0) is 16.2. The predicted octanol–water partition coefficient (Wildman–Crippen LogP) is 1.94. The summed E-state index contributed by atoms with van der Waals surface area (Å²) in [5.74, 6) is 0.145. The Bertz CT molecular complexity index is 640. The quantitative estimate of drug-likeness (QED) is 0.862. The lowest BCUT2D eigenvalue weighted by Gasteiger charge is -2.32. The van der Waals surface area contributed by atoms with Gasteiger partial charge in [-0.15, -0.1) is 0 Å². The number of amides is 1. The van der Waals surface area contributed by atoms with Crippen LogP contribution in [0.15, 0.2) is 24.3 Å². The number of hydrogen-bond acceptors (Lipinski definition) is 4. The molecule has 1 fully saturated rings. The van der Waals surface area contributed by atoms with Crippen LogP contribution in [-0.2, 0) is 9.59 Å². The molecule has 1 unspecified atom stereocenters. The maximum Gasteiger partial charge on any atom is 0.326 e. The summed E-state index contributed by atoms with van der Waals surface area (Å²) < 4.78 is 11.0. The standard InChI is InChI=1S/C17H19NO5/c19-16(18-8-2-1-3-13(18)17(20)21)7-5-12-4-6-14-15(11-12)23-10-9-22-14/h4-7,11,13H,1-3,8-10H2,(H,20,21)/b7-5+.